The van der Waals surface area contributed by atoms with Crippen LogP contribution in [-0.4, -0.2) is 37.6 Å². The van der Waals surface area contributed by atoms with Gasteiger partial charge in [0, 0.05) is 22.8 Å². The number of rotatable bonds is 5. The Kier molecular flexibility index (Phi) is 5.22. The average molecular weight is 277 g/mol. The Balaban J connectivity index is 2.92. The summed E-state index contributed by atoms with van der Waals surface area (Å²) >= 11 is 1.14. The first-order valence-electron chi connectivity index (χ1n) is 5.28. The van der Waals surface area contributed by atoms with Crippen molar-refractivity contribution in [2.24, 2.45) is 0 Å². The molecule has 0 bridgehead atoms. The molecule has 18 heavy (non-hydrogen) atoms. The molecule has 0 aliphatic carbocycles. The third-order valence-corrected chi connectivity index (χ3v) is 3.29. The average Bonchev–Trinajstić information content (AvgIpc) is 2.27. The lowest BCUT2D eigenvalue weighted by atomic mass is 10.1. The molecule has 0 aromatic heterocycles. The molecule has 1 rings (SSSR count). The number of benzene rings is 1. The molecule has 0 fully saturated rings. The maximum absolute atomic E-state index is 12.8. The minimum Gasteiger partial charge on any atom is -0.309 e. The van der Waals surface area contributed by atoms with Gasteiger partial charge in [0.1, 0.15) is 6.29 Å². The molecule has 0 atom stereocenters. The van der Waals surface area contributed by atoms with Crippen LogP contribution in [0.25, 0.3) is 0 Å². The van der Waals surface area contributed by atoms with Crippen LogP contribution in [0, 0.1) is 0 Å². The predicted molar refractivity (Wildman–Crippen MR) is 66.1 cm³/mol. The lowest BCUT2D eigenvalue weighted by molar-refractivity contribution is -0.139. The van der Waals surface area contributed by atoms with E-state index in [-0.39, 0.29) is 10.5 Å². The standard InChI is InChI=1S/C12H14F3NOS/c1-16(2)5-6-18-11-4-3-9(8-17)7-10(11)12(13,14)15/h3-4,7-8H,5-6H2,1-2H3. The van der Waals surface area contributed by atoms with Crippen LogP contribution in [0.3, 0.4) is 0 Å². The molecule has 0 amide bonds. The van der Waals surface area contributed by atoms with E-state index in [1.807, 2.05) is 19.0 Å². The number of halogens is 3. The van der Waals surface area contributed by atoms with Crippen molar-refractivity contribution in [1.82, 2.24) is 4.90 Å². The lowest BCUT2D eigenvalue weighted by Gasteiger charge is -2.14. The fraction of sp³-hybridized carbons (Fsp3) is 0.417. The Morgan fingerprint density at radius 3 is 2.50 bits per heavy atom. The number of hydrogen-bond donors (Lipinski definition) is 0. The first-order valence-corrected chi connectivity index (χ1v) is 6.27. The van der Waals surface area contributed by atoms with Gasteiger partial charge in [0.15, 0.2) is 0 Å². The number of aldehydes is 1. The normalized spacial score (nSPS) is 11.9. The van der Waals surface area contributed by atoms with Crippen LogP contribution in [-0.2, 0) is 6.18 Å². The van der Waals surface area contributed by atoms with Crippen molar-refractivity contribution in [3.63, 3.8) is 0 Å². The molecule has 6 heteroatoms. The van der Waals surface area contributed by atoms with E-state index in [9.17, 15) is 18.0 Å². The Labute approximate surface area is 108 Å². The molecule has 0 N–H and O–H groups in total. The highest BCUT2D eigenvalue weighted by Gasteiger charge is 2.33. The Hall–Kier alpha value is -1.01. The van der Waals surface area contributed by atoms with E-state index in [0.717, 1.165) is 17.8 Å². The van der Waals surface area contributed by atoms with Gasteiger partial charge in [0.05, 0.1) is 5.56 Å². The third-order valence-electron chi connectivity index (χ3n) is 2.24. The minimum atomic E-state index is -4.43. The van der Waals surface area contributed by atoms with Crippen molar-refractivity contribution in [3.05, 3.63) is 29.3 Å². The van der Waals surface area contributed by atoms with Gasteiger partial charge in [0.25, 0.3) is 0 Å². The maximum atomic E-state index is 12.8. The summed E-state index contributed by atoms with van der Waals surface area (Å²) in [5, 5.41) is 0. The monoisotopic (exact) mass is 277 g/mol. The summed E-state index contributed by atoms with van der Waals surface area (Å²) in [5.74, 6) is 0.566. The van der Waals surface area contributed by atoms with Crippen molar-refractivity contribution in [3.8, 4) is 0 Å². The van der Waals surface area contributed by atoms with Crippen molar-refractivity contribution in [2.75, 3.05) is 26.4 Å². The second kappa shape index (κ2) is 6.24. The molecule has 0 spiro atoms. The molecule has 0 aliphatic rings. The van der Waals surface area contributed by atoms with E-state index in [0.29, 0.717) is 18.6 Å². The summed E-state index contributed by atoms with van der Waals surface area (Å²) in [6.45, 7) is 0.692. The highest BCUT2D eigenvalue weighted by Crippen LogP contribution is 2.37. The fourth-order valence-electron chi connectivity index (χ4n) is 1.31. The Bertz CT molecular complexity index is 418. The highest BCUT2D eigenvalue weighted by atomic mass is 32.2. The smallest absolute Gasteiger partial charge is 0.309 e. The van der Waals surface area contributed by atoms with Gasteiger partial charge in [-0.05, 0) is 26.2 Å². The largest absolute Gasteiger partial charge is 0.417 e. The summed E-state index contributed by atoms with van der Waals surface area (Å²) in [5.41, 5.74) is -0.699. The maximum Gasteiger partial charge on any atom is 0.417 e. The molecule has 0 unspecified atom stereocenters. The van der Waals surface area contributed by atoms with Gasteiger partial charge in [-0.1, -0.05) is 6.07 Å². The molecule has 0 saturated carbocycles. The van der Waals surface area contributed by atoms with Crippen LogP contribution in [0.1, 0.15) is 15.9 Å². The fourth-order valence-corrected chi connectivity index (χ4v) is 2.48. The summed E-state index contributed by atoms with van der Waals surface area (Å²) in [6.07, 6.45) is -4.01. The van der Waals surface area contributed by atoms with E-state index >= 15 is 0 Å². The number of carbonyl (C=O) groups is 1. The molecule has 0 aliphatic heterocycles. The van der Waals surface area contributed by atoms with Crippen LogP contribution in [0.4, 0.5) is 13.2 Å². The van der Waals surface area contributed by atoms with Gasteiger partial charge < -0.3 is 4.90 Å². The van der Waals surface area contributed by atoms with E-state index in [1.54, 1.807) is 0 Å². The van der Waals surface area contributed by atoms with Gasteiger partial charge in [-0.2, -0.15) is 13.2 Å². The van der Waals surface area contributed by atoms with Crippen LogP contribution in [0.5, 0.6) is 0 Å². The number of alkyl halides is 3. The molecule has 1 aromatic carbocycles. The molecule has 100 valence electrons. The van der Waals surface area contributed by atoms with Crippen LogP contribution < -0.4 is 0 Å². The first kappa shape index (κ1) is 15.0. The summed E-state index contributed by atoms with van der Waals surface area (Å²) in [4.78, 5) is 12.6. The molecular weight excluding hydrogens is 263 g/mol. The zero-order valence-electron chi connectivity index (χ0n) is 10.1. The van der Waals surface area contributed by atoms with Gasteiger partial charge in [-0.3, -0.25) is 4.79 Å². The summed E-state index contributed by atoms with van der Waals surface area (Å²) in [6, 6.07) is 3.65. The van der Waals surface area contributed by atoms with Crippen LogP contribution >= 0.6 is 11.8 Å². The Morgan fingerprint density at radius 1 is 1.33 bits per heavy atom. The molecule has 0 saturated heterocycles. The van der Waals surface area contributed by atoms with Gasteiger partial charge >= 0.3 is 6.18 Å². The summed E-state index contributed by atoms with van der Waals surface area (Å²) < 4.78 is 38.4. The van der Waals surface area contributed by atoms with Gasteiger partial charge in [0.2, 0.25) is 0 Å². The number of hydrogen-bond acceptors (Lipinski definition) is 3. The van der Waals surface area contributed by atoms with Crippen molar-refractivity contribution >= 4 is 18.0 Å². The number of carbonyl (C=O) groups excluding carboxylic acids is 1. The predicted octanol–water partition coefficient (Wildman–Crippen LogP) is 3.17. The zero-order chi connectivity index (χ0) is 13.8. The quantitative estimate of drug-likeness (QED) is 0.609. The lowest BCUT2D eigenvalue weighted by Crippen LogP contribution is -2.15. The molecule has 0 radical (unpaired) electrons. The van der Waals surface area contributed by atoms with Crippen LogP contribution in [0.2, 0.25) is 0 Å². The second-order valence-electron chi connectivity index (χ2n) is 4.02. The van der Waals surface area contributed by atoms with E-state index < -0.39 is 11.7 Å². The van der Waals surface area contributed by atoms with Gasteiger partial charge in [-0.25, -0.2) is 0 Å². The van der Waals surface area contributed by atoms with Crippen molar-refractivity contribution in [1.29, 1.82) is 0 Å². The SMILES string of the molecule is CN(C)CCSc1ccc(C=O)cc1C(F)(F)F. The van der Waals surface area contributed by atoms with Crippen molar-refractivity contribution in [2.45, 2.75) is 11.1 Å². The highest BCUT2D eigenvalue weighted by molar-refractivity contribution is 7.99. The van der Waals surface area contributed by atoms with E-state index in [1.165, 1.54) is 12.1 Å². The summed E-state index contributed by atoms with van der Waals surface area (Å²) in [7, 11) is 3.72. The zero-order valence-corrected chi connectivity index (χ0v) is 10.9. The first-order chi connectivity index (χ1) is 8.34. The minimum absolute atomic E-state index is 0.0410. The van der Waals surface area contributed by atoms with Gasteiger partial charge in [-0.15, -0.1) is 11.8 Å². The topological polar surface area (TPSA) is 20.3 Å². The van der Waals surface area contributed by atoms with Crippen LogP contribution in [0.15, 0.2) is 23.1 Å². The number of thioether (sulfide) groups is 1. The Morgan fingerprint density at radius 2 is 2.00 bits per heavy atom. The molecule has 2 nitrogen and oxygen atoms in total. The number of nitrogens with zero attached hydrogens (tertiary/aromatic N) is 1. The van der Waals surface area contributed by atoms with E-state index in [2.05, 4.69) is 0 Å². The van der Waals surface area contributed by atoms with E-state index in [4.69, 9.17) is 0 Å². The third kappa shape index (κ3) is 4.34. The molecule has 0 heterocycles. The molecular formula is C12H14F3NOS. The molecule has 1 aromatic rings. The van der Waals surface area contributed by atoms with Crippen molar-refractivity contribution < 1.29 is 18.0 Å². The second-order valence-corrected chi connectivity index (χ2v) is 5.16.